The Morgan fingerprint density at radius 1 is 0.571 bits per heavy atom. The van der Waals surface area contributed by atoms with E-state index < -0.39 is 0 Å². The summed E-state index contributed by atoms with van der Waals surface area (Å²) >= 11 is 0. The van der Waals surface area contributed by atoms with E-state index >= 15 is 0 Å². The van der Waals surface area contributed by atoms with Gasteiger partial charge in [-0.25, -0.2) is 0 Å². The molecule has 6 aromatic carbocycles. The molecule has 0 saturated carbocycles. The van der Waals surface area contributed by atoms with Crippen molar-refractivity contribution in [2.45, 2.75) is 47.0 Å². The van der Waals surface area contributed by atoms with Crippen LogP contribution in [0.3, 0.4) is 0 Å². The Hall–Kier alpha value is -4.62. The molecule has 1 heteroatoms. The lowest BCUT2D eigenvalue weighted by molar-refractivity contribution is 0.733. The first-order valence-corrected chi connectivity index (χ1v) is 15.3. The molecule has 210 valence electrons. The van der Waals surface area contributed by atoms with Crippen LogP contribution in [0.4, 0.5) is 0 Å². The molecule has 0 aliphatic heterocycles. The van der Waals surface area contributed by atoms with Crippen molar-refractivity contribution in [3.63, 3.8) is 0 Å². The molecule has 7 rings (SSSR count). The summed E-state index contributed by atoms with van der Waals surface area (Å²) in [6.07, 6.45) is 1.23. The predicted molar refractivity (Wildman–Crippen MR) is 185 cm³/mol. The Morgan fingerprint density at radius 3 is 1.86 bits per heavy atom. The van der Waals surface area contributed by atoms with E-state index in [0.29, 0.717) is 5.92 Å². The Labute approximate surface area is 251 Å². The highest BCUT2D eigenvalue weighted by molar-refractivity contribution is 6.14. The van der Waals surface area contributed by atoms with Crippen LogP contribution in [0.5, 0.6) is 0 Å². The van der Waals surface area contributed by atoms with Crippen LogP contribution in [0.2, 0.25) is 0 Å². The maximum atomic E-state index is 2.41. The minimum atomic E-state index is 0.709. The van der Waals surface area contributed by atoms with E-state index in [-0.39, 0.29) is 0 Å². The SMILES string of the molecule is CC.CCC(C)c1ccccc1.Cc1cccc2c1c1cc3ccccc3cc1n2-c1cccc(-c2ccccc2)c1. The zero-order valence-electron chi connectivity index (χ0n) is 25.5. The van der Waals surface area contributed by atoms with Crippen molar-refractivity contribution in [2.75, 3.05) is 0 Å². The highest BCUT2D eigenvalue weighted by Crippen LogP contribution is 2.37. The molecule has 0 N–H and O–H groups in total. The van der Waals surface area contributed by atoms with Crippen molar-refractivity contribution in [1.29, 1.82) is 0 Å². The first kappa shape index (κ1) is 28.9. The number of nitrogens with zero attached hydrogens (tertiary/aromatic N) is 1. The van der Waals surface area contributed by atoms with Gasteiger partial charge < -0.3 is 4.57 Å². The summed E-state index contributed by atoms with van der Waals surface area (Å²) < 4.78 is 2.41. The fourth-order valence-corrected chi connectivity index (χ4v) is 5.68. The van der Waals surface area contributed by atoms with Crippen LogP contribution >= 0.6 is 0 Å². The predicted octanol–water partition coefficient (Wildman–Crippen LogP) is 12.1. The van der Waals surface area contributed by atoms with Gasteiger partial charge in [0.25, 0.3) is 0 Å². The van der Waals surface area contributed by atoms with Crippen molar-refractivity contribution in [1.82, 2.24) is 4.57 Å². The van der Waals surface area contributed by atoms with Crippen LogP contribution in [-0.4, -0.2) is 4.57 Å². The molecule has 7 aromatic rings. The average Bonchev–Trinajstić information content (AvgIpc) is 3.39. The van der Waals surface area contributed by atoms with E-state index in [1.54, 1.807) is 0 Å². The number of aromatic nitrogens is 1. The third-order valence-electron chi connectivity index (χ3n) is 8.06. The van der Waals surface area contributed by atoms with Gasteiger partial charge in [-0.05, 0) is 82.6 Å². The lowest BCUT2D eigenvalue weighted by Crippen LogP contribution is -1.94. The summed E-state index contributed by atoms with van der Waals surface area (Å²) in [7, 11) is 0. The monoisotopic (exact) mass is 547 g/mol. The maximum absolute atomic E-state index is 2.41. The fraction of sp³-hybridized carbons (Fsp3) is 0.171. The van der Waals surface area contributed by atoms with Crippen LogP contribution in [-0.2, 0) is 0 Å². The van der Waals surface area contributed by atoms with Crippen molar-refractivity contribution in [3.8, 4) is 16.8 Å². The molecule has 0 aliphatic carbocycles. The van der Waals surface area contributed by atoms with E-state index in [9.17, 15) is 0 Å². The van der Waals surface area contributed by atoms with Gasteiger partial charge in [0.2, 0.25) is 0 Å². The van der Waals surface area contributed by atoms with Gasteiger partial charge in [0.15, 0.2) is 0 Å². The first-order valence-electron chi connectivity index (χ1n) is 15.3. The van der Waals surface area contributed by atoms with Crippen molar-refractivity contribution < 1.29 is 0 Å². The van der Waals surface area contributed by atoms with Crippen LogP contribution in [0.1, 0.15) is 51.2 Å². The molecule has 1 unspecified atom stereocenters. The molecule has 1 heterocycles. The summed E-state index contributed by atoms with van der Waals surface area (Å²) in [5.41, 5.74) is 8.93. The molecule has 0 aliphatic rings. The highest BCUT2D eigenvalue weighted by atomic mass is 15.0. The summed E-state index contributed by atoms with van der Waals surface area (Å²) in [6, 6.07) is 50.0. The molecule has 0 bridgehead atoms. The third kappa shape index (κ3) is 5.87. The number of hydrogen-bond donors (Lipinski definition) is 0. The van der Waals surface area contributed by atoms with E-state index in [0.717, 1.165) is 0 Å². The van der Waals surface area contributed by atoms with Crippen LogP contribution in [0.15, 0.2) is 140 Å². The molecule has 1 atom stereocenters. The van der Waals surface area contributed by atoms with Crippen LogP contribution in [0.25, 0.3) is 49.4 Å². The van der Waals surface area contributed by atoms with E-state index in [2.05, 4.69) is 165 Å². The van der Waals surface area contributed by atoms with Gasteiger partial charge in [0.1, 0.15) is 0 Å². The number of benzene rings is 6. The first-order chi connectivity index (χ1) is 20.6. The van der Waals surface area contributed by atoms with E-state index in [1.165, 1.54) is 66.9 Å². The molecular formula is C41H41N. The third-order valence-corrected chi connectivity index (χ3v) is 8.06. The van der Waals surface area contributed by atoms with Gasteiger partial charge >= 0.3 is 0 Å². The number of hydrogen-bond acceptors (Lipinski definition) is 0. The van der Waals surface area contributed by atoms with Crippen molar-refractivity contribution in [3.05, 3.63) is 151 Å². The molecular weight excluding hydrogens is 506 g/mol. The van der Waals surface area contributed by atoms with Gasteiger partial charge in [-0.2, -0.15) is 0 Å². The summed E-state index contributed by atoms with van der Waals surface area (Å²) in [4.78, 5) is 0. The smallest absolute Gasteiger partial charge is 0.0547 e. The Kier molecular flexibility index (Phi) is 9.19. The molecule has 0 saturated heterocycles. The topological polar surface area (TPSA) is 4.93 Å². The number of aryl methyl sites for hydroxylation is 1. The molecule has 0 fully saturated rings. The molecule has 0 amide bonds. The molecule has 1 nitrogen and oxygen atoms in total. The standard InChI is InChI=1S/C29H21N.C10H14.C2H6/c1-20-9-7-16-27-29(20)26-18-23-12-5-6-13-24(23)19-28(26)30(27)25-15-8-14-22(17-25)21-10-3-2-4-11-21;1-3-9(2)10-7-5-4-6-8-10;1-2/h2-19H,1H3;4-9H,3H2,1-2H3;1-2H3. The van der Waals surface area contributed by atoms with Gasteiger partial charge in [-0.3, -0.25) is 0 Å². The molecule has 42 heavy (non-hydrogen) atoms. The van der Waals surface area contributed by atoms with Crippen molar-refractivity contribution in [2.24, 2.45) is 0 Å². The van der Waals surface area contributed by atoms with Crippen LogP contribution in [0, 0.1) is 6.92 Å². The molecule has 0 spiro atoms. The highest BCUT2D eigenvalue weighted by Gasteiger charge is 2.15. The fourth-order valence-electron chi connectivity index (χ4n) is 5.68. The summed E-state index contributed by atoms with van der Waals surface area (Å²) in [5.74, 6) is 0.709. The van der Waals surface area contributed by atoms with Crippen molar-refractivity contribution >= 4 is 32.6 Å². The maximum Gasteiger partial charge on any atom is 0.0547 e. The largest absolute Gasteiger partial charge is 0.309 e. The Morgan fingerprint density at radius 2 is 1.17 bits per heavy atom. The average molecular weight is 548 g/mol. The minimum Gasteiger partial charge on any atom is -0.309 e. The lowest BCUT2D eigenvalue weighted by Gasteiger charge is -2.11. The summed E-state index contributed by atoms with van der Waals surface area (Å²) in [6.45, 7) is 10.7. The quantitative estimate of drug-likeness (QED) is 0.206. The number of rotatable bonds is 4. The van der Waals surface area contributed by atoms with E-state index in [1.807, 2.05) is 13.8 Å². The van der Waals surface area contributed by atoms with Gasteiger partial charge in [0.05, 0.1) is 11.0 Å². The second kappa shape index (κ2) is 13.4. The summed E-state index contributed by atoms with van der Waals surface area (Å²) in [5, 5.41) is 5.20. The zero-order valence-corrected chi connectivity index (χ0v) is 25.5. The second-order valence-electron chi connectivity index (χ2n) is 10.7. The van der Waals surface area contributed by atoms with Gasteiger partial charge in [0, 0.05) is 16.5 Å². The van der Waals surface area contributed by atoms with E-state index in [4.69, 9.17) is 0 Å². The Bertz CT molecular complexity index is 1890. The normalized spacial score (nSPS) is 11.5. The van der Waals surface area contributed by atoms with Crippen LogP contribution < -0.4 is 0 Å². The molecule has 0 radical (unpaired) electrons. The minimum absolute atomic E-state index is 0.709. The zero-order chi connectivity index (χ0) is 29.5. The lowest BCUT2D eigenvalue weighted by atomic mass is 9.99. The second-order valence-corrected chi connectivity index (χ2v) is 10.7. The number of fused-ring (bicyclic) bond motifs is 4. The Balaban J connectivity index is 0.000000249. The molecule has 1 aromatic heterocycles. The van der Waals surface area contributed by atoms with Gasteiger partial charge in [-0.1, -0.05) is 137 Å². The van der Waals surface area contributed by atoms with Gasteiger partial charge in [-0.15, -0.1) is 0 Å².